The van der Waals surface area contributed by atoms with Gasteiger partial charge in [-0.15, -0.1) is 10.2 Å². The van der Waals surface area contributed by atoms with Crippen molar-refractivity contribution in [2.45, 2.75) is 20.8 Å². The Morgan fingerprint density at radius 3 is 2.50 bits per heavy atom. The largest absolute Gasteiger partial charge is 0.369 e. The molecule has 0 saturated heterocycles. The minimum absolute atomic E-state index is 0.0673. The summed E-state index contributed by atoms with van der Waals surface area (Å²) in [6.45, 7) is 7.20. The molecule has 0 aromatic carbocycles. The van der Waals surface area contributed by atoms with Crippen LogP contribution in [-0.2, 0) is 4.79 Å². The molecule has 7 heteroatoms. The number of carbonyl (C=O) groups is 2. The Morgan fingerprint density at radius 1 is 1.20 bits per heavy atom. The van der Waals surface area contributed by atoms with E-state index in [-0.39, 0.29) is 18.1 Å². The quantitative estimate of drug-likeness (QED) is 0.672. The summed E-state index contributed by atoms with van der Waals surface area (Å²) in [6, 6.07) is 3.23. The third kappa shape index (κ3) is 5.64. The zero-order valence-corrected chi connectivity index (χ0v) is 12.1. The van der Waals surface area contributed by atoms with Gasteiger partial charge < -0.3 is 16.0 Å². The lowest BCUT2D eigenvalue weighted by Gasteiger charge is -2.08. The molecule has 1 aromatic rings. The van der Waals surface area contributed by atoms with Crippen LogP contribution in [-0.4, -0.2) is 41.6 Å². The highest BCUT2D eigenvalue weighted by Gasteiger charge is 2.10. The van der Waals surface area contributed by atoms with Crippen LogP contribution in [0.5, 0.6) is 0 Å². The second kappa shape index (κ2) is 8.08. The van der Waals surface area contributed by atoms with Crippen molar-refractivity contribution in [2.75, 3.05) is 25.0 Å². The first-order valence-electron chi connectivity index (χ1n) is 6.65. The molecule has 110 valence electrons. The van der Waals surface area contributed by atoms with Crippen molar-refractivity contribution in [3.05, 3.63) is 17.8 Å². The Morgan fingerprint density at radius 2 is 1.95 bits per heavy atom. The first-order chi connectivity index (χ1) is 9.52. The summed E-state index contributed by atoms with van der Waals surface area (Å²) in [4.78, 5) is 23.2. The molecule has 0 saturated carbocycles. The molecule has 3 N–H and O–H groups in total. The van der Waals surface area contributed by atoms with Crippen LogP contribution in [0.3, 0.4) is 0 Å². The van der Waals surface area contributed by atoms with Gasteiger partial charge >= 0.3 is 0 Å². The molecule has 20 heavy (non-hydrogen) atoms. The van der Waals surface area contributed by atoms with Gasteiger partial charge in [-0.3, -0.25) is 9.59 Å². The van der Waals surface area contributed by atoms with Crippen molar-refractivity contribution in [1.82, 2.24) is 20.8 Å². The molecule has 0 bridgehead atoms. The maximum Gasteiger partial charge on any atom is 0.272 e. The predicted molar refractivity (Wildman–Crippen MR) is 76.4 cm³/mol. The minimum Gasteiger partial charge on any atom is -0.369 e. The van der Waals surface area contributed by atoms with Crippen LogP contribution in [0.25, 0.3) is 0 Å². The van der Waals surface area contributed by atoms with E-state index < -0.39 is 5.91 Å². The average Bonchev–Trinajstić information content (AvgIpc) is 2.43. The molecular weight excluding hydrogens is 258 g/mol. The van der Waals surface area contributed by atoms with Gasteiger partial charge in [0.25, 0.3) is 5.91 Å². The van der Waals surface area contributed by atoms with Crippen LogP contribution in [0, 0.1) is 5.92 Å². The molecule has 0 radical (unpaired) electrons. The van der Waals surface area contributed by atoms with E-state index in [2.05, 4.69) is 26.1 Å². The standard InChI is InChI=1S/C13H21N5O2/c1-4-14-11-6-5-10(17-18-11)13(20)16-8-12(19)15-7-9(2)3/h5-6,9H,4,7-8H2,1-3H3,(H,14,18)(H,15,19)(H,16,20). The smallest absolute Gasteiger partial charge is 0.272 e. The third-order valence-corrected chi connectivity index (χ3v) is 2.37. The Bertz CT molecular complexity index is 445. The van der Waals surface area contributed by atoms with Crippen LogP contribution in [0.15, 0.2) is 12.1 Å². The monoisotopic (exact) mass is 279 g/mol. The number of hydrogen-bond acceptors (Lipinski definition) is 5. The number of aromatic nitrogens is 2. The lowest BCUT2D eigenvalue weighted by Crippen LogP contribution is -2.38. The van der Waals surface area contributed by atoms with Crippen LogP contribution in [0.4, 0.5) is 5.82 Å². The number of nitrogens with one attached hydrogen (secondary N) is 3. The van der Waals surface area contributed by atoms with Gasteiger partial charge in [-0.05, 0) is 25.0 Å². The zero-order chi connectivity index (χ0) is 15.0. The molecular formula is C13H21N5O2. The first-order valence-corrected chi connectivity index (χ1v) is 6.65. The molecule has 0 aliphatic heterocycles. The Hall–Kier alpha value is -2.18. The highest BCUT2D eigenvalue weighted by Crippen LogP contribution is 2.01. The molecule has 2 amide bonds. The average molecular weight is 279 g/mol. The van der Waals surface area contributed by atoms with Gasteiger partial charge in [-0.2, -0.15) is 0 Å². The van der Waals surface area contributed by atoms with E-state index in [1.807, 2.05) is 20.8 Å². The predicted octanol–water partition coefficient (Wildman–Crippen LogP) is 0.410. The lowest BCUT2D eigenvalue weighted by atomic mass is 10.2. The van der Waals surface area contributed by atoms with Gasteiger partial charge in [0.2, 0.25) is 5.91 Å². The summed E-state index contributed by atoms with van der Waals surface area (Å²) >= 11 is 0. The van der Waals surface area contributed by atoms with Crippen molar-refractivity contribution in [2.24, 2.45) is 5.92 Å². The third-order valence-electron chi connectivity index (χ3n) is 2.37. The number of carbonyl (C=O) groups excluding carboxylic acids is 2. The first kappa shape index (κ1) is 15.9. The van der Waals surface area contributed by atoms with Gasteiger partial charge in [0.15, 0.2) is 5.69 Å². The van der Waals surface area contributed by atoms with Crippen molar-refractivity contribution >= 4 is 17.6 Å². The number of rotatable bonds is 7. The van der Waals surface area contributed by atoms with E-state index in [4.69, 9.17) is 0 Å². The van der Waals surface area contributed by atoms with Crippen LogP contribution < -0.4 is 16.0 Å². The molecule has 0 aliphatic carbocycles. The maximum atomic E-state index is 11.7. The van der Waals surface area contributed by atoms with Gasteiger partial charge in [-0.1, -0.05) is 13.8 Å². The molecule has 1 heterocycles. The van der Waals surface area contributed by atoms with E-state index in [1.54, 1.807) is 12.1 Å². The Labute approximate surface area is 118 Å². The van der Waals surface area contributed by atoms with Crippen molar-refractivity contribution in [1.29, 1.82) is 0 Å². The number of nitrogens with zero attached hydrogens (tertiary/aromatic N) is 2. The SMILES string of the molecule is CCNc1ccc(C(=O)NCC(=O)NCC(C)C)nn1. The fourth-order valence-corrected chi connectivity index (χ4v) is 1.36. The molecule has 0 spiro atoms. The maximum absolute atomic E-state index is 11.7. The fraction of sp³-hybridized carbons (Fsp3) is 0.538. The van der Waals surface area contributed by atoms with Crippen LogP contribution in [0.1, 0.15) is 31.3 Å². The molecule has 0 fully saturated rings. The molecule has 1 rings (SSSR count). The van der Waals surface area contributed by atoms with Gasteiger partial charge in [-0.25, -0.2) is 0 Å². The Kier molecular flexibility index (Phi) is 6.42. The number of hydrogen-bond donors (Lipinski definition) is 3. The summed E-state index contributed by atoms with van der Waals surface area (Å²) in [5.41, 5.74) is 0.184. The Balaban J connectivity index is 2.40. The van der Waals surface area contributed by atoms with E-state index >= 15 is 0 Å². The van der Waals surface area contributed by atoms with Crippen LogP contribution in [0.2, 0.25) is 0 Å². The van der Waals surface area contributed by atoms with E-state index in [0.29, 0.717) is 18.3 Å². The summed E-state index contributed by atoms with van der Waals surface area (Å²) in [5.74, 6) is 0.349. The molecule has 0 aliphatic rings. The van der Waals surface area contributed by atoms with Crippen molar-refractivity contribution < 1.29 is 9.59 Å². The summed E-state index contributed by atoms with van der Waals surface area (Å²) in [7, 11) is 0. The van der Waals surface area contributed by atoms with Crippen LogP contribution >= 0.6 is 0 Å². The second-order valence-corrected chi connectivity index (χ2v) is 4.71. The van der Waals surface area contributed by atoms with Crippen molar-refractivity contribution in [3.63, 3.8) is 0 Å². The minimum atomic E-state index is -0.416. The van der Waals surface area contributed by atoms with Gasteiger partial charge in [0.1, 0.15) is 5.82 Å². The summed E-state index contributed by atoms with van der Waals surface area (Å²) in [6.07, 6.45) is 0. The molecule has 1 aromatic heterocycles. The number of amides is 2. The van der Waals surface area contributed by atoms with E-state index in [0.717, 1.165) is 6.54 Å². The highest BCUT2D eigenvalue weighted by molar-refractivity contribution is 5.94. The molecule has 0 atom stereocenters. The lowest BCUT2D eigenvalue weighted by molar-refractivity contribution is -0.120. The van der Waals surface area contributed by atoms with Crippen molar-refractivity contribution in [3.8, 4) is 0 Å². The molecule has 7 nitrogen and oxygen atoms in total. The van der Waals surface area contributed by atoms with E-state index in [1.165, 1.54) is 0 Å². The fourth-order valence-electron chi connectivity index (χ4n) is 1.36. The normalized spacial score (nSPS) is 10.2. The summed E-state index contributed by atoms with van der Waals surface area (Å²) in [5, 5.41) is 15.8. The zero-order valence-electron chi connectivity index (χ0n) is 12.1. The highest BCUT2D eigenvalue weighted by atomic mass is 16.2. The van der Waals surface area contributed by atoms with Gasteiger partial charge in [0, 0.05) is 13.1 Å². The van der Waals surface area contributed by atoms with E-state index in [9.17, 15) is 9.59 Å². The second-order valence-electron chi connectivity index (χ2n) is 4.71. The molecule has 0 unspecified atom stereocenters. The topological polar surface area (TPSA) is 96.0 Å². The van der Waals surface area contributed by atoms with Gasteiger partial charge in [0.05, 0.1) is 6.54 Å². The summed E-state index contributed by atoms with van der Waals surface area (Å²) < 4.78 is 0. The number of anilines is 1.